The Kier molecular flexibility index (Phi) is 4.59. The number of amides is 1. The van der Waals surface area contributed by atoms with Crippen molar-refractivity contribution in [3.8, 4) is 5.75 Å². The van der Waals surface area contributed by atoms with E-state index in [4.69, 9.17) is 9.47 Å². The molecule has 1 saturated heterocycles. The van der Waals surface area contributed by atoms with Gasteiger partial charge < -0.3 is 19.6 Å². The summed E-state index contributed by atoms with van der Waals surface area (Å²) in [6.07, 6.45) is -2.47. The lowest BCUT2D eigenvalue weighted by Gasteiger charge is -2.30. The molecule has 2 heterocycles. The predicted molar refractivity (Wildman–Crippen MR) is 77.8 cm³/mol. The normalized spacial score (nSPS) is 19.9. The van der Waals surface area contributed by atoms with Crippen LogP contribution in [0.4, 0.5) is 19.4 Å². The number of carbonyl (C=O) groups excluding carboxylic acids is 1. The minimum Gasteiger partial charge on any atom is -0.455 e. The highest BCUT2D eigenvalue weighted by Gasteiger charge is 2.54. The van der Waals surface area contributed by atoms with Crippen LogP contribution >= 0.6 is 0 Å². The van der Waals surface area contributed by atoms with E-state index < -0.39 is 46.8 Å². The van der Waals surface area contributed by atoms with Crippen molar-refractivity contribution < 1.29 is 28.0 Å². The largest absolute Gasteiger partial charge is 0.455 e. The molecule has 0 spiro atoms. The SMILES string of the molecule is CC(C)(C)OC(=O)N1CCC(F)(F)[C@@H]1Oc1cccnc1[N+](=O)[O-]. The number of hydrogen-bond donors (Lipinski definition) is 0. The Morgan fingerprint density at radius 2 is 2.17 bits per heavy atom. The number of rotatable bonds is 3. The molecule has 1 fully saturated rings. The van der Waals surface area contributed by atoms with E-state index in [1.807, 2.05) is 0 Å². The number of ether oxygens (including phenoxy) is 2. The van der Waals surface area contributed by atoms with Crippen LogP contribution in [0.25, 0.3) is 0 Å². The summed E-state index contributed by atoms with van der Waals surface area (Å²) in [5, 5.41) is 10.9. The summed E-state index contributed by atoms with van der Waals surface area (Å²) in [6.45, 7) is 4.50. The molecular weight excluding hydrogens is 328 g/mol. The van der Waals surface area contributed by atoms with E-state index in [-0.39, 0.29) is 6.54 Å². The zero-order valence-electron chi connectivity index (χ0n) is 13.4. The van der Waals surface area contributed by atoms with Crippen molar-refractivity contribution in [1.29, 1.82) is 0 Å². The van der Waals surface area contributed by atoms with Gasteiger partial charge in [-0.2, -0.15) is 0 Å². The maximum absolute atomic E-state index is 14.1. The standard InChI is InChI=1S/C14H17F2N3O5/c1-13(2,3)24-12(20)18-8-6-14(15,16)11(18)23-9-5-4-7-17-10(9)19(21)22/h4-5,7,11H,6,8H2,1-3H3/t11-/m0/s1. The van der Waals surface area contributed by atoms with Crippen molar-refractivity contribution in [2.75, 3.05) is 6.54 Å². The van der Waals surface area contributed by atoms with Crippen molar-refractivity contribution in [2.45, 2.75) is 44.9 Å². The molecule has 0 unspecified atom stereocenters. The van der Waals surface area contributed by atoms with Crippen molar-refractivity contribution in [1.82, 2.24) is 9.88 Å². The van der Waals surface area contributed by atoms with Gasteiger partial charge in [-0.1, -0.05) is 0 Å². The van der Waals surface area contributed by atoms with Crippen molar-refractivity contribution >= 4 is 11.9 Å². The highest BCUT2D eigenvalue weighted by molar-refractivity contribution is 5.69. The number of aromatic nitrogens is 1. The second kappa shape index (κ2) is 6.17. The highest BCUT2D eigenvalue weighted by Crippen LogP contribution is 2.37. The van der Waals surface area contributed by atoms with Crippen LogP contribution in [0.5, 0.6) is 5.75 Å². The number of nitro groups is 1. The maximum Gasteiger partial charge on any atom is 0.413 e. The van der Waals surface area contributed by atoms with Gasteiger partial charge in [-0.15, -0.1) is 0 Å². The molecule has 132 valence electrons. The Morgan fingerprint density at radius 3 is 2.75 bits per heavy atom. The molecule has 1 amide bonds. The fourth-order valence-electron chi connectivity index (χ4n) is 2.13. The van der Waals surface area contributed by atoms with E-state index in [1.54, 1.807) is 20.8 Å². The topological polar surface area (TPSA) is 94.8 Å². The van der Waals surface area contributed by atoms with Gasteiger partial charge in [0.05, 0.1) is 0 Å². The second-order valence-electron chi connectivity index (χ2n) is 6.24. The number of carbonyl (C=O) groups is 1. The Bertz CT molecular complexity index is 648. The monoisotopic (exact) mass is 345 g/mol. The first kappa shape index (κ1) is 17.8. The molecule has 1 aromatic rings. The number of hydrogen-bond acceptors (Lipinski definition) is 6. The van der Waals surface area contributed by atoms with E-state index in [9.17, 15) is 23.7 Å². The van der Waals surface area contributed by atoms with Crippen LogP contribution in [0.15, 0.2) is 18.3 Å². The Hall–Kier alpha value is -2.52. The van der Waals surface area contributed by atoms with Crippen molar-refractivity contribution in [2.24, 2.45) is 0 Å². The number of halogens is 2. The number of nitrogens with zero attached hydrogens (tertiary/aromatic N) is 3. The lowest BCUT2D eigenvalue weighted by atomic mass is 10.2. The maximum atomic E-state index is 14.1. The summed E-state index contributed by atoms with van der Waals surface area (Å²) in [7, 11) is 0. The van der Waals surface area contributed by atoms with Crippen LogP contribution in [-0.2, 0) is 4.74 Å². The zero-order valence-corrected chi connectivity index (χ0v) is 13.4. The molecular formula is C14H17F2N3O5. The third-order valence-electron chi connectivity index (χ3n) is 3.12. The average molecular weight is 345 g/mol. The van der Waals surface area contributed by atoms with Crippen LogP contribution in [0.2, 0.25) is 0 Å². The van der Waals surface area contributed by atoms with E-state index in [2.05, 4.69) is 4.98 Å². The summed E-state index contributed by atoms with van der Waals surface area (Å²) in [5.74, 6) is -4.52. The molecule has 0 bridgehead atoms. The first-order chi connectivity index (χ1) is 11.0. The Morgan fingerprint density at radius 1 is 1.50 bits per heavy atom. The number of alkyl halides is 2. The summed E-state index contributed by atoms with van der Waals surface area (Å²) in [5.41, 5.74) is -0.875. The van der Waals surface area contributed by atoms with E-state index >= 15 is 0 Å². The third-order valence-corrected chi connectivity index (χ3v) is 3.12. The van der Waals surface area contributed by atoms with Crippen LogP contribution in [0.1, 0.15) is 27.2 Å². The van der Waals surface area contributed by atoms with E-state index in [0.29, 0.717) is 0 Å². The van der Waals surface area contributed by atoms with Gasteiger partial charge >= 0.3 is 17.8 Å². The fraction of sp³-hybridized carbons (Fsp3) is 0.571. The lowest BCUT2D eigenvalue weighted by molar-refractivity contribution is -0.391. The van der Waals surface area contributed by atoms with Gasteiger partial charge in [-0.25, -0.2) is 13.6 Å². The second-order valence-corrected chi connectivity index (χ2v) is 6.24. The quantitative estimate of drug-likeness (QED) is 0.617. The van der Waals surface area contributed by atoms with Crippen LogP contribution < -0.4 is 4.74 Å². The van der Waals surface area contributed by atoms with Gasteiger partial charge in [-0.05, 0) is 42.8 Å². The summed E-state index contributed by atoms with van der Waals surface area (Å²) in [4.78, 5) is 26.4. The molecule has 0 radical (unpaired) electrons. The van der Waals surface area contributed by atoms with Crippen LogP contribution in [-0.4, -0.2) is 45.2 Å². The van der Waals surface area contributed by atoms with Gasteiger partial charge in [0.15, 0.2) is 0 Å². The highest BCUT2D eigenvalue weighted by atomic mass is 19.3. The molecule has 1 aliphatic heterocycles. The minimum atomic E-state index is -3.37. The molecule has 0 aromatic carbocycles. The number of pyridine rings is 1. The summed E-state index contributed by atoms with van der Waals surface area (Å²) < 4.78 is 38.4. The molecule has 1 atom stereocenters. The molecule has 0 N–H and O–H groups in total. The van der Waals surface area contributed by atoms with E-state index in [0.717, 1.165) is 17.2 Å². The molecule has 24 heavy (non-hydrogen) atoms. The zero-order chi connectivity index (χ0) is 18.1. The molecule has 0 saturated carbocycles. The van der Waals surface area contributed by atoms with Gasteiger partial charge in [0, 0.05) is 13.0 Å². The fourth-order valence-corrected chi connectivity index (χ4v) is 2.13. The Balaban J connectivity index is 2.28. The van der Waals surface area contributed by atoms with Crippen molar-refractivity contribution in [3.05, 3.63) is 28.4 Å². The first-order valence-electron chi connectivity index (χ1n) is 7.15. The molecule has 2 rings (SSSR count). The third kappa shape index (κ3) is 3.87. The molecule has 10 heteroatoms. The molecule has 1 aliphatic rings. The molecule has 8 nitrogen and oxygen atoms in total. The predicted octanol–water partition coefficient (Wildman–Crippen LogP) is 2.97. The van der Waals surface area contributed by atoms with Gasteiger partial charge in [-0.3, -0.25) is 4.90 Å². The van der Waals surface area contributed by atoms with E-state index in [1.165, 1.54) is 6.07 Å². The summed E-state index contributed by atoms with van der Waals surface area (Å²) >= 11 is 0. The number of likely N-dealkylation sites (tertiary alicyclic amines) is 1. The van der Waals surface area contributed by atoms with Gasteiger partial charge in [0.2, 0.25) is 12.0 Å². The lowest BCUT2D eigenvalue weighted by Crippen LogP contribution is -2.48. The minimum absolute atomic E-state index is 0.291. The molecule has 1 aromatic heterocycles. The first-order valence-corrected chi connectivity index (χ1v) is 7.15. The van der Waals surface area contributed by atoms with Crippen LogP contribution in [0, 0.1) is 10.1 Å². The molecule has 0 aliphatic carbocycles. The summed E-state index contributed by atoms with van der Waals surface area (Å²) in [6, 6.07) is 2.46. The van der Waals surface area contributed by atoms with Crippen LogP contribution in [0.3, 0.4) is 0 Å². The van der Waals surface area contributed by atoms with Gasteiger partial charge in [0.1, 0.15) is 11.8 Å². The Labute approximate surface area is 136 Å². The van der Waals surface area contributed by atoms with Crippen molar-refractivity contribution in [3.63, 3.8) is 0 Å². The average Bonchev–Trinajstić information content (AvgIpc) is 2.73. The van der Waals surface area contributed by atoms with Gasteiger partial charge in [0.25, 0.3) is 0 Å². The smallest absolute Gasteiger partial charge is 0.413 e.